The first-order valence-corrected chi connectivity index (χ1v) is 12.2. The molecule has 1 aromatic carbocycles. The molecule has 5 heterocycles. The largest absolute Gasteiger partial charge is 0.371 e. The SMILES string of the molecule is O=C(C[C@@H]1C2CCN(CC2)C12CC2)c1cc2ccc(N3CCC(F)(F)CC3)cc2s1. The highest BCUT2D eigenvalue weighted by Crippen LogP contribution is 2.58. The number of carbonyl (C=O) groups is 1. The minimum atomic E-state index is -2.53. The van der Waals surface area contributed by atoms with E-state index in [1.165, 1.54) is 38.8 Å². The number of piperidine rings is 4. The Hall–Kier alpha value is -1.53. The summed E-state index contributed by atoms with van der Waals surface area (Å²) in [4.78, 5) is 18.8. The van der Waals surface area contributed by atoms with Gasteiger partial charge in [-0.15, -0.1) is 11.3 Å². The molecule has 0 N–H and O–H groups in total. The first-order chi connectivity index (χ1) is 14.4. The number of anilines is 1. The Kier molecular flexibility index (Phi) is 4.30. The zero-order valence-corrected chi connectivity index (χ0v) is 18.0. The summed E-state index contributed by atoms with van der Waals surface area (Å²) in [5, 5.41) is 1.09. The summed E-state index contributed by atoms with van der Waals surface area (Å²) in [7, 11) is 0. The predicted octanol–water partition coefficient (Wildman–Crippen LogP) is 5.58. The van der Waals surface area contributed by atoms with Crippen molar-refractivity contribution in [2.45, 2.75) is 56.4 Å². The number of ketones is 1. The molecule has 2 bridgehead atoms. The van der Waals surface area contributed by atoms with Crippen molar-refractivity contribution in [3.05, 3.63) is 29.1 Å². The van der Waals surface area contributed by atoms with Gasteiger partial charge >= 0.3 is 0 Å². The zero-order chi connectivity index (χ0) is 20.5. The average Bonchev–Trinajstić information content (AvgIpc) is 3.40. The van der Waals surface area contributed by atoms with Gasteiger partial charge in [-0.1, -0.05) is 6.07 Å². The summed E-state index contributed by atoms with van der Waals surface area (Å²) in [6, 6.07) is 8.18. The summed E-state index contributed by atoms with van der Waals surface area (Å²) >= 11 is 1.57. The number of hydrogen-bond donors (Lipinski definition) is 0. The molecule has 0 radical (unpaired) electrons. The van der Waals surface area contributed by atoms with E-state index in [1.54, 1.807) is 11.3 Å². The molecule has 5 fully saturated rings. The van der Waals surface area contributed by atoms with Gasteiger partial charge in [-0.25, -0.2) is 8.78 Å². The van der Waals surface area contributed by atoms with Crippen LogP contribution >= 0.6 is 11.3 Å². The highest BCUT2D eigenvalue weighted by molar-refractivity contribution is 7.20. The van der Waals surface area contributed by atoms with Crippen LogP contribution in [-0.4, -0.2) is 48.3 Å². The second kappa shape index (κ2) is 6.73. The summed E-state index contributed by atoms with van der Waals surface area (Å²) in [6.07, 6.45) is 5.57. The first-order valence-electron chi connectivity index (χ1n) is 11.4. The van der Waals surface area contributed by atoms with Gasteiger partial charge in [-0.05, 0) is 74.2 Å². The Labute approximate surface area is 180 Å². The van der Waals surface area contributed by atoms with Crippen LogP contribution in [0.25, 0.3) is 10.1 Å². The molecule has 1 saturated carbocycles. The Morgan fingerprint density at radius 3 is 2.47 bits per heavy atom. The molecule has 0 amide bonds. The molecule has 6 heteroatoms. The van der Waals surface area contributed by atoms with Gasteiger partial charge in [0.25, 0.3) is 5.92 Å². The van der Waals surface area contributed by atoms with Gasteiger partial charge in [-0.3, -0.25) is 9.69 Å². The predicted molar refractivity (Wildman–Crippen MR) is 117 cm³/mol. The third-order valence-electron chi connectivity index (χ3n) is 8.23. The van der Waals surface area contributed by atoms with Crippen LogP contribution in [0.2, 0.25) is 0 Å². The number of hydrogen-bond acceptors (Lipinski definition) is 4. The molecule has 30 heavy (non-hydrogen) atoms. The smallest absolute Gasteiger partial charge is 0.251 e. The van der Waals surface area contributed by atoms with Crippen LogP contribution in [0.4, 0.5) is 14.5 Å². The highest BCUT2D eigenvalue weighted by Gasteiger charge is 2.60. The van der Waals surface area contributed by atoms with E-state index in [1.807, 2.05) is 23.1 Å². The quantitative estimate of drug-likeness (QED) is 0.591. The number of carbonyl (C=O) groups excluding carboxylic acids is 1. The van der Waals surface area contributed by atoms with E-state index in [9.17, 15) is 13.6 Å². The Morgan fingerprint density at radius 1 is 1.03 bits per heavy atom. The van der Waals surface area contributed by atoms with E-state index in [0.717, 1.165) is 26.6 Å². The number of alkyl halides is 2. The van der Waals surface area contributed by atoms with Crippen molar-refractivity contribution in [2.75, 3.05) is 31.1 Å². The normalized spacial score (nSPS) is 31.4. The van der Waals surface area contributed by atoms with Gasteiger partial charge in [0.05, 0.1) is 4.88 Å². The van der Waals surface area contributed by atoms with Gasteiger partial charge in [0.2, 0.25) is 0 Å². The number of rotatable bonds is 4. The maximum Gasteiger partial charge on any atom is 0.251 e. The van der Waals surface area contributed by atoms with Gasteiger partial charge < -0.3 is 4.90 Å². The van der Waals surface area contributed by atoms with Crippen LogP contribution in [0, 0.1) is 11.8 Å². The van der Waals surface area contributed by atoms with E-state index in [4.69, 9.17) is 0 Å². The summed E-state index contributed by atoms with van der Waals surface area (Å²) in [6.45, 7) is 3.22. The van der Waals surface area contributed by atoms with Crippen molar-refractivity contribution < 1.29 is 13.6 Å². The second-order valence-electron chi connectivity index (χ2n) is 9.84. The third-order valence-corrected chi connectivity index (χ3v) is 9.37. The second-order valence-corrected chi connectivity index (χ2v) is 10.9. The van der Waals surface area contributed by atoms with Gasteiger partial charge in [0, 0.05) is 48.3 Å². The van der Waals surface area contributed by atoms with Crippen LogP contribution in [-0.2, 0) is 0 Å². The van der Waals surface area contributed by atoms with Crippen molar-refractivity contribution in [2.24, 2.45) is 11.8 Å². The zero-order valence-electron chi connectivity index (χ0n) is 17.2. The molecular weight excluding hydrogens is 402 g/mol. The molecule has 2 aromatic rings. The van der Waals surface area contributed by atoms with E-state index in [2.05, 4.69) is 11.0 Å². The van der Waals surface area contributed by atoms with Crippen molar-refractivity contribution in [1.29, 1.82) is 0 Å². The number of fused-ring (bicyclic) bond motifs is 3. The number of nitrogens with zero attached hydrogens (tertiary/aromatic N) is 2. The fourth-order valence-electron chi connectivity index (χ4n) is 6.34. The molecular formula is C24H28F2N2OS. The summed E-state index contributed by atoms with van der Waals surface area (Å²) < 4.78 is 28.0. The molecule has 4 saturated heterocycles. The molecule has 3 nitrogen and oxygen atoms in total. The van der Waals surface area contributed by atoms with Crippen molar-refractivity contribution >= 4 is 32.9 Å². The van der Waals surface area contributed by atoms with Crippen molar-refractivity contribution in [3.8, 4) is 0 Å². The molecule has 1 aliphatic carbocycles. The molecule has 4 aliphatic heterocycles. The molecule has 0 unspecified atom stereocenters. The van der Waals surface area contributed by atoms with Gasteiger partial charge in [0.15, 0.2) is 5.78 Å². The number of halogens is 2. The molecule has 5 aliphatic rings. The topological polar surface area (TPSA) is 23.6 Å². The highest BCUT2D eigenvalue weighted by atomic mass is 32.1. The fraction of sp³-hybridized carbons (Fsp3) is 0.625. The Balaban J connectivity index is 1.20. The van der Waals surface area contributed by atoms with Crippen LogP contribution < -0.4 is 4.90 Å². The maximum absolute atomic E-state index is 13.5. The first kappa shape index (κ1) is 19.2. The number of benzene rings is 1. The Morgan fingerprint density at radius 2 is 1.77 bits per heavy atom. The van der Waals surface area contributed by atoms with Crippen LogP contribution in [0.15, 0.2) is 24.3 Å². The lowest BCUT2D eigenvalue weighted by Gasteiger charge is -2.52. The number of Topliss-reactive ketones (excluding diaryl/α,β-unsaturated/α-hetero) is 1. The third kappa shape index (κ3) is 3.10. The molecule has 1 aromatic heterocycles. The molecule has 1 atom stereocenters. The summed E-state index contributed by atoms with van der Waals surface area (Å²) in [5.41, 5.74) is 1.34. The van der Waals surface area contributed by atoms with Gasteiger partial charge in [-0.2, -0.15) is 0 Å². The Bertz CT molecular complexity index is 980. The maximum atomic E-state index is 13.5. The standard InChI is InChI=1S/C24H28F2N2OS/c25-24(26)7-11-27(12-8-24)18-2-1-17-13-22(30-21(17)14-18)20(29)15-19-16-3-9-28(10-4-16)23(19)5-6-23/h1-2,13-14,16,19H,3-12,15H2/t19-/m1/s1. The lowest BCUT2D eigenvalue weighted by molar-refractivity contribution is -0.0273. The van der Waals surface area contributed by atoms with Crippen LogP contribution in [0.5, 0.6) is 0 Å². The van der Waals surface area contributed by atoms with Gasteiger partial charge in [0.1, 0.15) is 0 Å². The molecule has 1 spiro atoms. The minimum Gasteiger partial charge on any atom is -0.371 e. The van der Waals surface area contributed by atoms with Crippen molar-refractivity contribution in [1.82, 2.24) is 4.90 Å². The lowest BCUT2D eigenvalue weighted by Crippen LogP contribution is -2.57. The monoisotopic (exact) mass is 430 g/mol. The molecule has 160 valence electrons. The van der Waals surface area contributed by atoms with E-state index >= 15 is 0 Å². The van der Waals surface area contributed by atoms with Crippen LogP contribution in [0.3, 0.4) is 0 Å². The molecule has 7 rings (SSSR count). The minimum absolute atomic E-state index is 0.0828. The fourth-order valence-corrected chi connectivity index (χ4v) is 7.38. The summed E-state index contributed by atoms with van der Waals surface area (Å²) in [5.74, 6) is -0.986. The number of thiophene rings is 1. The van der Waals surface area contributed by atoms with E-state index < -0.39 is 5.92 Å². The van der Waals surface area contributed by atoms with Crippen molar-refractivity contribution in [3.63, 3.8) is 0 Å². The van der Waals surface area contributed by atoms with E-state index in [-0.39, 0.29) is 12.8 Å². The van der Waals surface area contributed by atoms with E-state index in [0.29, 0.717) is 36.8 Å². The average molecular weight is 431 g/mol. The van der Waals surface area contributed by atoms with Crippen LogP contribution in [0.1, 0.15) is 54.6 Å². The lowest BCUT2D eigenvalue weighted by atomic mass is 9.70.